The topological polar surface area (TPSA) is 142 Å². The number of hydrogen-bond donors (Lipinski definition) is 4. The molecule has 2 fully saturated rings. The number of anilines is 1. The third-order valence-corrected chi connectivity index (χ3v) is 7.51. The zero-order valence-electron chi connectivity index (χ0n) is 20.4. The molecule has 0 bridgehead atoms. The van der Waals surface area contributed by atoms with E-state index in [0.717, 1.165) is 31.2 Å². The highest BCUT2D eigenvalue weighted by molar-refractivity contribution is 5.95. The molecule has 6 amide bonds. The second kappa shape index (κ2) is 12.1. The number of rotatable bonds is 9. The van der Waals surface area contributed by atoms with Gasteiger partial charge in [-0.25, -0.2) is 24.8 Å². The van der Waals surface area contributed by atoms with Gasteiger partial charge in [0.2, 0.25) is 6.41 Å². The molecule has 3 atom stereocenters. The maximum atomic E-state index is 13.9. The predicted octanol–water partition coefficient (Wildman–Crippen LogP) is 2.80. The average Bonchev–Trinajstić information content (AvgIpc) is 3.49. The van der Waals surface area contributed by atoms with E-state index < -0.39 is 22.5 Å². The van der Waals surface area contributed by atoms with Crippen LogP contribution in [0.2, 0.25) is 0 Å². The van der Waals surface area contributed by atoms with Gasteiger partial charge in [0.25, 0.3) is 0 Å². The highest BCUT2D eigenvalue weighted by Crippen LogP contribution is 2.35. The van der Waals surface area contributed by atoms with E-state index in [1.807, 2.05) is 19.1 Å². The number of carbonyl (C=O) groups is 4. The Hall–Kier alpha value is -2.98. The maximum Gasteiger partial charge on any atom is 0.432 e. The Morgan fingerprint density at radius 2 is 1.86 bits per heavy atom. The van der Waals surface area contributed by atoms with Crippen molar-refractivity contribution in [1.29, 1.82) is 0 Å². The second-order valence-corrected chi connectivity index (χ2v) is 9.91. The van der Waals surface area contributed by atoms with Crippen molar-refractivity contribution in [1.82, 2.24) is 15.7 Å². The predicted molar refractivity (Wildman–Crippen MR) is 130 cm³/mol. The lowest BCUT2D eigenvalue weighted by Gasteiger charge is -2.36. The second-order valence-electron chi connectivity index (χ2n) is 9.91. The first-order valence-electron chi connectivity index (χ1n) is 12.5. The van der Waals surface area contributed by atoms with Gasteiger partial charge in [0, 0.05) is 25.1 Å². The minimum Gasteiger partial charge on any atom is -0.399 e. The van der Waals surface area contributed by atoms with Crippen LogP contribution in [0.15, 0.2) is 24.3 Å². The first kappa shape index (κ1) is 26.6. The molecule has 1 aromatic carbocycles. The van der Waals surface area contributed by atoms with Crippen LogP contribution in [0.3, 0.4) is 0 Å². The van der Waals surface area contributed by atoms with Crippen molar-refractivity contribution in [2.75, 3.05) is 25.4 Å². The van der Waals surface area contributed by atoms with Crippen molar-refractivity contribution in [3.63, 3.8) is 0 Å². The number of hydrogen-bond acceptors (Lipinski definition) is 6. The lowest BCUT2D eigenvalue weighted by Crippen LogP contribution is -2.66. The summed E-state index contributed by atoms with van der Waals surface area (Å²) in [4.78, 5) is 50.9. The SMILES string of the molecule is C[C@@H]1CCC[N+]1(C(=O)NC(=O)NCCc1ccc(N)cc1)C(=O)[C@H](CC1CCCC1)CN(O)C=O. The van der Waals surface area contributed by atoms with Crippen LogP contribution >= 0.6 is 0 Å². The lowest BCUT2D eigenvalue weighted by molar-refractivity contribution is -0.786. The molecule has 192 valence electrons. The summed E-state index contributed by atoms with van der Waals surface area (Å²) >= 11 is 0. The molecule has 10 heteroatoms. The molecule has 10 nitrogen and oxygen atoms in total. The van der Waals surface area contributed by atoms with Crippen LogP contribution in [-0.4, -0.2) is 64.8 Å². The van der Waals surface area contributed by atoms with Gasteiger partial charge in [0.05, 0.1) is 19.0 Å². The summed E-state index contributed by atoms with van der Waals surface area (Å²) in [6.07, 6.45) is 6.88. The number of carbonyl (C=O) groups excluding carboxylic acids is 4. The van der Waals surface area contributed by atoms with Gasteiger partial charge in [0.1, 0.15) is 6.04 Å². The molecular formula is C25H38N5O5+. The van der Waals surface area contributed by atoms with Gasteiger partial charge in [-0.15, -0.1) is 0 Å². The summed E-state index contributed by atoms with van der Waals surface area (Å²) in [7, 11) is 0. The molecule has 1 saturated heterocycles. The third-order valence-electron chi connectivity index (χ3n) is 7.51. The third kappa shape index (κ3) is 6.58. The van der Waals surface area contributed by atoms with Gasteiger partial charge in [-0.3, -0.25) is 10.0 Å². The molecule has 1 unspecified atom stereocenters. The number of imide groups is 2. The Labute approximate surface area is 206 Å². The fourth-order valence-electron chi connectivity index (χ4n) is 5.55. The Bertz CT molecular complexity index is 902. The summed E-state index contributed by atoms with van der Waals surface area (Å²) in [6, 6.07) is 5.70. The Morgan fingerprint density at radius 3 is 2.46 bits per heavy atom. The van der Waals surface area contributed by atoms with Crippen LogP contribution in [0.1, 0.15) is 57.4 Å². The first-order chi connectivity index (χ1) is 16.8. The molecule has 0 radical (unpaired) electrons. The van der Waals surface area contributed by atoms with E-state index in [1.54, 1.807) is 12.1 Å². The number of urea groups is 2. The molecule has 35 heavy (non-hydrogen) atoms. The fourth-order valence-corrected chi connectivity index (χ4v) is 5.55. The van der Waals surface area contributed by atoms with Crippen LogP contribution in [0, 0.1) is 11.8 Å². The average molecular weight is 489 g/mol. The zero-order chi connectivity index (χ0) is 25.4. The van der Waals surface area contributed by atoms with Gasteiger partial charge in [-0.2, -0.15) is 4.48 Å². The standard InChI is InChI=1S/C25H37N5O5/c1-18-5-4-14-30(18,23(32)21(16-29(35)17-31)15-20-6-2-3-7-20)25(34)28-24(33)27-13-12-19-8-10-22(26)11-9-19/h8-11,17-18,20-21,35H,2-7,12-16,26H2,1H3,(H-,27,28,33,34)/p+1/t18-,21-,30?/m1/s1. The number of quaternary nitrogens is 1. The number of nitrogen functional groups attached to an aromatic ring is 1. The number of likely N-dealkylation sites (tertiary alicyclic amines) is 1. The van der Waals surface area contributed by atoms with E-state index in [2.05, 4.69) is 10.6 Å². The number of nitrogens with zero attached hydrogens (tertiary/aromatic N) is 2. The molecule has 3 rings (SSSR count). The summed E-state index contributed by atoms with van der Waals surface area (Å²) < 4.78 is -0.491. The number of hydroxylamine groups is 2. The van der Waals surface area contributed by atoms with Crippen molar-refractivity contribution in [2.45, 2.75) is 64.3 Å². The normalized spacial score (nSPS) is 23.0. The van der Waals surface area contributed by atoms with E-state index in [-0.39, 0.29) is 31.4 Å². The van der Waals surface area contributed by atoms with Crippen molar-refractivity contribution < 1.29 is 28.9 Å². The quantitative estimate of drug-likeness (QED) is 0.138. The molecule has 0 spiro atoms. The summed E-state index contributed by atoms with van der Waals surface area (Å²) in [5, 5.41) is 15.4. The van der Waals surface area contributed by atoms with E-state index in [9.17, 15) is 24.4 Å². The van der Waals surface area contributed by atoms with Gasteiger partial charge >= 0.3 is 18.0 Å². The zero-order valence-corrected chi connectivity index (χ0v) is 20.4. The molecule has 1 aromatic rings. The first-order valence-corrected chi connectivity index (χ1v) is 12.5. The lowest BCUT2D eigenvalue weighted by atomic mass is 9.91. The van der Waals surface area contributed by atoms with Crippen LogP contribution in [0.5, 0.6) is 0 Å². The van der Waals surface area contributed by atoms with Gasteiger partial charge in [0.15, 0.2) is 0 Å². The highest BCUT2D eigenvalue weighted by atomic mass is 16.5. The largest absolute Gasteiger partial charge is 0.432 e. The number of amides is 6. The molecule has 1 aliphatic heterocycles. The molecule has 1 heterocycles. The number of nitrogens with two attached hydrogens (primary N) is 1. The molecule has 1 aliphatic carbocycles. The van der Waals surface area contributed by atoms with Crippen LogP contribution in [0.4, 0.5) is 15.3 Å². The molecule has 2 aliphatic rings. The van der Waals surface area contributed by atoms with Crippen molar-refractivity contribution in [2.24, 2.45) is 11.8 Å². The van der Waals surface area contributed by atoms with Crippen LogP contribution in [0.25, 0.3) is 0 Å². The Balaban J connectivity index is 1.68. The smallest absolute Gasteiger partial charge is 0.399 e. The summed E-state index contributed by atoms with van der Waals surface area (Å²) in [5.74, 6) is -0.704. The van der Waals surface area contributed by atoms with Crippen molar-refractivity contribution >= 4 is 30.1 Å². The van der Waals surface area contributed by atoms with Gasteiger partial charge in [-0.1, -0.05) is 37.8 Å². The van der Waals surface area contributed by atoms with E-state index in [1.165, 1.54) is 0 Å². The maximum absolute atomic E-state index is 13.9. The van der Waals surface area contributed by atoms with Crippen LogP contribution < -0.4 is 16.4 Å². The van der Waals surface area contributed by atoms with Crippen LogP contribution in [-0.2, 0) is 16.0 Å². The fraction of sp³-hybridized carbons (Fsp3) is 0.600. The van der Waals surface area contributed by atoms with E-state index in [4.69, 9.17) is 5.73 Å². The van der Waals surface area contributed by atoms with Crippen molar-refractivity contribution in [3.8, 4) is 0 Å². The molecular weight excluding hydrogens is 450 g/mol. The Kier molecular flexibility index (Phi) is 9.22. The highest BCUT2D eigenvalue weighted by Gasteiger charge is 2.55. The molecule has 5 N–H and O–H groups in total. The van der Waals surface area contributed by atoms with Gasteiger partial charge < -0.3 is 11.1 Å². The Morgan fingerprint density at radius 1 is 1.17 bits per heavy atom. The molecule has 1 saturated carbocycles. The number of nitrogens with one attached hydrogen (secondary N) is 2. The van der Waals surface area contributed by atoms with Gasteiger partial charge in [-0.05, 0) is 43.4 Å². The minimum absolute atomic E-state index is 0.160. The summed E-state index contributed by atoms with van der Waals surface area (Å²) in [5.41, 5.74) is 7.34. The minimum atomic E-state index is -0.687. The monoisotopic (exact) mass is 488 g/mol. The summed E-state index contributed by atoms with van der Waals surface area (Å²) in [6.45, 7) is 2.28. The van der Waals surface area contributed by atoms with E-state index in [0.29, 0.717) is 48.9 Å². The van der Waals surface area contributed by atoms with Crippen molar-refractivity contribution in [3.05, 3.63) is 29.8 Å². The molecule has 0 aromatic heterocycles. The van der Waals surface area contributed by atoms with E-state index >= 15 is 0 Å². The number of benzene rings is 1.